The highest BCUT2D eigenvalue weighted by molar-refractivity contribution is 8.14. The van der Waals surface area contributed by atoms with Crippen molar-refractivity contribution in [2.45, 2.75) is 19.5 Å². The van der Waals surface area contributed by atoms with Gasteiger partial charge in [0.2, 0.25) is 5.91 Å². The lowest BCUT2D eigenvalue weighted by Crippen LogP contribution is -2.16. The first-order chi connectivity index (χ1) is 15.2. The lowest BCUT2D eigenvalue weighted by Gasteiger charge is -2.10. The van der Waals surface area contributed by atoms with E-state index in [0.29, 0.717) is 22.1 Å². The average molecular weight is 463 g/mol. The van der Waals surface area contributed by atoms with Crippen molar-refractivity contribution in [2.24, 2.45) is 4.99 Å². The van der Waals surface area contributed by atoms with Gasteiger partial charge in [-0.25, -0.2) is 4.99 Å². The molecule has 0 saturated carbocycles. The molecule has 0 fully saturated rings. The molecule has 2 N–H and O–H groups in total. The van der Waals surface area contributed by atoms with E-state index in [1.54, 1.807) is 19.1 Å². The number of benzene rings is 2. The number of alkyl halides is 3. The summed E-state index contributed by atoms with van der Waals surface area (Å²) in [6.07, 6.45) is -2.84. The molecule has 0 unspecified atom stereocenters. The Balaban J connectivity index is 1.71. The fourth-order valence-electron chi connectivity index (χ4n) is 2.83. The largest absolute Gasteiger partial charge is 0.466 e. The van der Waals surface area contributed by atoms with E-state index in [1.807, 2.05) is 18.2 Å². The van der Waals surface area contributed by atoms with E-state index >= 15 is 0 Å². The van der Waals surface area contributed by atoms with Gasteiger partial charge < -0.3 is 15.4 Å². The molecule has 32 heavy (non-hydrogen) atoms. The van der Waals surface area contributed by atoms with Crippen LogP contribution < -0.4 is 10.6 Å². The van der Waals surface area contributed by atoms with Crippen LogP contribution >= 0.6 is 11.8 Å². The van der Waals surface area contributed by atoms with Gasteiger partial charge in [-0.2, -0.15) is 13.2 Å². The first-order valence-electron chi connectivity index (χ1n) is 9.65. The molecule has 6 nitrogen and oxygen atoms in total. The molecule has 0 aromatic heterocycles. The number of amides is 1. The second kappa shape index (κ2) is 10.4. The maximum absolute atomic E-state index is 12.9. The molecule has 0 spiro atoms. The van der Waals surface area contributed by atoms with Crippen LogP contribution in [-0.2, 0) is 20.5 Å². The molecule has 0 bridgehead atoms. The second-order valence-electron chi connectivity index (χ2n) is 6.66. The number of carbonyl (C=O) groups excluding carboxylic acids is 2. The second-order valence-corrected chi connectivity index (χ2v) is 7.65. The lowest BCUT2D eigenvalue weighted by molar-refractivity contribution is -0.142. The number of rotatable bonds is 6. The number of anilines is 2. The molecule has 2 aromatic carbocycles. The van der Waals surface area contributed by atoms with Crippen LogP contribution in [0, 0.1) is 0 Å². The zero-order valence-electron chi connectivity index (χ0n) is 17.0. The van der Waals surface area contributed by atoms with Gasteiger partial charge in [0, 0.05) is 11.4 Å². The third-order valence-corrected chi connectivity index (χ3v) is 5.10. The van der Waals surface area contributed by atoms with Crippen LogP contribution in [0.4, 0.5) is 30.2 Å². The summed E-state index contributed by atoms with van der Waals surface area (Å²) < 4.78 is 43.6. The van der Waals surface area contributed by atoms with E-state index in [4.69, 9.17) is 4.74 Å². The van der Waals surface area contributed by atoms with Crippen LogP contribution in [0.5, 0.6) is 0 Å². The topological polar surface area (TPSA) is 79.8 Å². The van der Waals surface area contributed by atoms with Gasteiger partial charge in [0.15, 0.2) is 0 Å². The van der Waals surface area contributed by atoms with E-state index < -0.39 is 23.6 Å². The predicted octanol–water partition coefficient (Wildman–Crippen LogP) is 5.37. The molecule has 0 saturated heterocycles. The average Bonchev–Trinajstić information content (AvgIpc) is 2.90. The van der Waals surface area contributed by atoms with Gasteiger partial charge in [0.05, 0.1) is 40.8 Å². The minimum absolute atomic E-state index is 0.00180. The maximum atomic E-state index is 12.9. The maximum Gasteiger partial charge on any atom is 0.416 e. The number of para-hydroxylation sites is 2. The molecule has 168 valence electrons. The van der Waals surface area contributed by atoms with E-state index in [9.17, 15) is 22.8 Å². The third-order valence-electron chi connectivity index (χ3n) is 4.19. The van der Waals surface area contributed by atoms with E-state index in [-0.39, 0.29) is 24.5 Å². The van der Waals surface area contributed by atoms with Crippen LogP contribution in [-0.4, -0.2) is 29.3 Å². The molecule has 1 aliphatic rings. The SMILES string of the molecule is CCOC(=O)CC1=CC(SCC(=O)Nc2cccc(C(F)(F)F)c2)=Nc2ccccc2N1. The van der Waals surface area contributed by atoms with Crippen molar-refractivity contribution in [3.63, 3.8) is 0 Å². The smallest absolute Gasteiger partial charge is 0.416 e. The number of fused-ring (bicyclic) bond motifs is 1. The monoisotopic (exact) mass is 463 g/mol. The normalized spacial score (nSPS) is 13.1. The number of nitrogens with one attached hydrogen (secondary N) is 2. The number of ether oxygens (including phenoxy) is 1. The number of halogens is 3. The highest BCUT2D eigenvalue weighted by Gasteiger charge is 2.30. The van der Waals surface area contributed by atoms with Crippen molar-refractivity contribution in [2.75, 3.05) is 23.0 Å². The summed E-state index contributed by atoms with van der Waals surface area (Å²) in [5.74, 6) is -0.972. The van der Waals surface area contributed by atoms with E-state index in [2.05, 4.69) is 15.6 Å². The molecule has 0 radical (unpaired) electrons. The van der Waals surface area contributed by atoms with Gasteiger partial charge in [-0.1, -0.05) is 30.0 Å². The number of carbonyl (C=O) groups is 2. The van der Waals surface area contributed by atoms with Crippen molar-refractivity contribution >= 4 is 45.7 Å². The van der Waals surface area contributed by atoms with Crippen molar-refractivity contribution in [1.82, 2.24) is 0 Å². The molecular weight excluding hydrogens is 443 g/mol. The molecule has 10 heteroatoms. The molecular formula is C22H20F3N3O3S. The molecule has 1 aliphatic heterocycles. The summed E-state index contributed by atoms with van der Waals surface area (Å²) in [7, 11) is 0. The Kier molecular flexibility index (Phi) is 7.57. The van der Waals surface area contributed by atoms with Crippen LogP contribution in [0.3, 0.4) is 0 Å². The summed E-state index contributed by atoms with van der Waals surface area (Å²) in [4.78, 5) is 28.8. The summed E-state index contributed by atoms with van der Waals surface area (Å²) in [5, 5.41) is 6.09. The van der Waals surface area contributed by atoms with Crippen LogP contribution in [0.1, 0.15) is 18.9 Å². The Morgan fingerprint density at radius 1 is 1.16 bits per heavy atom. The number of aliphatic imine (C=N–C) groups is 1. The standard InChI is InChI=1S/C22H20F3N3O3S/c1-2-31-21(30)12-16-11-20(28-18-9-4-3-8-17(18)26-16)32-13-19(29)27-15-7-5-6-14(10-15)22(23,24)25/h3-11,26H,2,12-13H2,1H3,(H,27,29). The summed E-state index contributed by atoms with van der Waals surface area (Å²) >= 11 is 1.10. The molecule has 0 atom stereocenters. The first-order valence-corrected chi connectivity index (χ1v) is 10.6. The summed E-state index contributed by atoms with van der Waals surface area (Å²) in [5.41, 5.74) is 1.09. The number of hydrogen-bond acceptors (Lipinski definition) is 6. The zero-order chi connectivity index (χ0) is 23.1. The number of esters is 1. The van der Waals surface area contributed by atoms with Crippen molar-refractivity contribution in [3.05, 3.63) is 65.9 Å². The number of nitrogens with zero attached hydrogens (tertiary/aromatic N) is 1. The van der Waals surface area contributed by atoms with Gasteiger partial charge in [0.25, 0.3) is 0 Å². The Labute approximate surface area is 186 Å². The third kappa shape index (κ3) is 6.61. The number of hydrogen-bond donors (Lipinski definition) is 2. The fourth-order valence-corrected chi connectivity index (χ4v) is 3.57. The van der Waals surface area contributed by atoms with Crippen molar-refractivity contribution in [3.8, 4) is 0 Å². The first kappa shape index (κ1) is 23.4. The quantitative estimate of drug-likeness (QED) is 0.563. The highest BCUT2D eigenvalue weighted by atomic mass is 32.2. The highest BCUT2D eigenvalue weighted by Crippen LogP contribution is 2.32. The Morgan fingerprint density at radius 3 is 2.69 bits per heavy atom. The summed E-state index contributed by atoms with van der Waals surface area (Å²) in [6.45, 7) is 1.97. The minimum atomic E-state index is -4.49. The van der Waals surface area contributed by atoms with Gasteiger partial charge in [-0.15, -0.1) is 0 Å². The fraction of sp³-hybridized carbons (Fsp3) is 0.227. The Morgan fingerprint density at radius 2 is 1.94 bits per heavy atom. The van der Waals surface area contributed by atoms with Gasteiger partial charge >= 0.3 is 12.1 Å². The minimum Gasteiger partial charge on any atom is -0.466 e. The Bertz CT molecular complexity index is 1070. The van der Waals surface area contributed by atoms with Crippen molar-refractivity contribution in [1.29, 1.82) is 0 Å². The van der Waals surface area contributed by atoms with Crippen LogP contribution in [0.2, 0.25) is 0 Å². The van der Waals surface area contributed by atoms with Crippen LogP contribution in [0.25, 0.3) is 0 Å². The van der Waals surface area contributed by atoms with Crippen molar-refractivity contribution < 1.29 is 27.5 Å². The van der Waals surface area contributed by atoms with Gasteiger partial charge in [-0.05, 0) is 43.3 Å². The van der Waals surface area contributed by atoms with Gasteiger partial charge in [-0.3, -0.25) is 9.59 Å². The van der Waals surface area contributed by atoms with E-state index in [0.717, 1.165) is 23.9 Å². The predicted molar refractivity (Wildman–Crippen MR) is 119 cm³/mol. The molecule has 2 aromatic rings. The zero-order valence-corrected chi connectivity index (χ0v) is 17.8. The Hall–Kier alpha value is -3.27. The summed E-state index contributed by atoms with van der Waals surface area (Å²) in [6, 6.07) is 11.7. The lowest BCUT2D eigenvalue weighted by atomic mass is 10.2. The van der Waals surface area contributed by atoms with Gasteiger partial charge in [0.1, 0.15) is 0 Å². The molecule has 0 aliphatic carbocycles. The molecule has 1 heterocycles. The van der Waals surface area contributed by atoms with E-state index in [1.165, 1.54) is 12.1 Å². The van der Waals surface area contributed by atoms with Crippen LogP contribution in [0.15, 0.2) is 65.3 Å². The number of thioether (sulfide) groups is 1. The molecule has 3 rings (SSSR count). The molecule has 1 amide bonds.